The molecule has 0 aliphatic carbocycles. The topological polar surface area (TPSA) is 36.9 Å². The van der Waals surface area contributed by atoms with Crippen LogP contribution in [0.2, 0.25) is 18.1 Å². The zero-order valence-corrected chi connectivity index (χ0v) is 17.2. The van der Waals surface area contributed by atoms with E-state index in [1.54, 1.807) is 0 Å². The first-order chi connectivity index (χ1) is 11.0. The van der Waals surface area contributed by atoms with E-state index in [0.29, 0.717) is 25.4 Å². The molecule has 0 radical (unpaired) electrons. The maximum absolute atomic E-state index is 6.50. The Morgan fingerprint density at radius 3 is 1.87 bits per heavy atom. The Kier molecular flexibility index (Phi) is 9.30. The van der Waals surface area contributed by atoms with E-state index in [9.17, 15) is 0 Å². The maximum Gasteiger partial charge on any atom is 0.284 e. The zero-order valence-electron chi connectivity index (χ0n) is 16.2. The summed E-state index contributed by atoms with van der Waals surface area (Å²) < 4.78 is 24.3. The average molecular weight is 347 g/mol. The number of ether oxygens (including phenoxy) is 4. The highest BCUT2D eigenvalue weighted by molar-refractivity contribution is 6.80. The molecule has 5 heteroatoms. The molecule has 2 atom stereocenters. The van der Waals surface area contributed by atoms with Gasteiger partial charge in [-0.3, -0.25) is 4.74 Å². The van der Waals surface area contributed by atoms with Gasteiger partial charge in [0.25, 0.3) is 5.97 Å². The van der Waals surface area contributed by atoms with Crippen LogP contribution in [0.3, 0.4) is 0 Å². The lowest BCUT2D eigenvalue weighted by Gasteiger charge is -2.42. The van der Waals surface area contributed by atoms with Crippen molar-refractivity contribution in [2.24, 2.45) is 0 Å². The molecule has 0 amide bonds. The number of hydrogen-bond acceptors (Lipinski definition) is 4. The van der Waals surface area contributed by atoms with Gasteiger partial charge in [0, 0.05) is 6.42 Å². The predicted molar refractivity (Wildman–Crippen MR) is 97.1 cm³/mol. The fraction of sp³-hybridized carbons (Fsp3) is 1.00. The fourth-order valence-corrected chi connectivity index (χ4v) is 7.78. The first-order valence-corrected chi connectivity index (χ1v) is 12.4. The van der Waals surface area contributed by atoms with E-state index in [1.165, 1.54) is 18.1 Å². The quantitative estimate of drug-likeness (QED) is 0.386. The first kappa shape index (κ1) is 21.1. The second-order valence-electron chi connectivity index (χ2n) is 6.50. The molecule has 4 nitrogen and oxygen atoms in total. The summed E-state index contributed by atoms with van der Waals surface area (Å²) in [5.41, 5.74) is 0.338. The van der Waals surface area contributed by atoms with E-state index in [-0.39, 0.29) is 6.29 Å². The minimum atomic E-state index is -1.41. The summed E-state index contributed by atoms with van der Waals surface area (Å²) in [5.74, 6) is -0.911. The standard InChI is InChI=1S/C18H38O4Si/c1-7-16(22-18(9-3)19-14-13-15-20-18)21-17(8-2)23(10-4,11-5)12-6/h16-17H,7-15H2,1-6H3. The van der Waals surface area contributed by atoms with Crippen LogP contribution in [0.1, 0.15) is 67.2 Å². The summed E-state index contributed by atoms with van der Waals surface area (Å²) in [5, 5.41) is 0. The van der Waals surface area contributed by atoms with Crippen LogP contribution >= 0.6 is 0 Å². The molecule has 0 spiro atoms. The maximum atomic E-state index is 6.50. The van der Waals surface area contributed by atoms with Gasteiger partial charge in [-0.1, -0.05) is 59.7 Å². The van der Waals surface area contributed by atoms with Crippen LogP contribution in [0.25, 0.3) is 0 Å². The van der Waals surface area contributed by atoms with Crippen molar-refractivity contribution in [3.8, 4) is 0 Å². The monoisotopic (exact) mass is 346 g/mol. The minimum Gasteiger partial charge on any atom is -0.353 e. The molecule has 2 unspecified atom stereocenters. The van der Waals surface area contributed by atoms with Crippen molar-refractivity contribution in [2.45, 2.75) is 103 Å². The van der Waals surface area contributed by atoms with Crippen LogP contribution in [0.5, 0.6) is 0 Å². The largest absolute Gasteiger partial charge is 0.353 e. The Morgan fingerprint density at radius 1 is 0.913 bits per heavy atom. The second kappa shape index (κ2) is 10.1. The third-order valence-corrected chi connectivity index (χ3v) is 11.6. The molecule has 0 saturated carbocycles. The molecule has 0 aromatic rings. The van der Waals surface area contributed by atoms with E-state index in [0.717, 1.165) is 19.3 Å². The molecule has 1 heterocycles. The van der Waals surface area contributed by atoms with Gasteiger partial charge in [0.15, 0.2) is 6.29 Å². The fourth-order valence-electron chi connectivity index (χ4n) is 3.61. The summed E-state index contributed by atoms with van der Waals surface area (Å²) >= 11 is 0. The molecule has 1 aliphatic heterocycles. The highest BCUT2D eigenvalue weighted by atomic mass is 28.3. The third kappa shape index (κ3) is 5.26. The molecule has 1 saturated heterocycles. The van der Waals surface area contributed by atoms with Crippen molar-refractivity contribution in [1.82, 2.24) is 0 Å². The van der Waals surface area contributed by atoms with Gasteiger partial charge in [-0.25, -0.2) is 0 Å². The lowest BCUT2D eigenvalue weighted by atomic mass is 10.3. The van der Waals surface area contributed by atoms with Gasteiger partial charge >= 0.3 is 0 Å². The van der Waals surface area contributed by atoms with Gasteiger partial charge < -0.3 is 14.2 Å². The predicted octanol–water partition coefficient (Wildman–Crippen LogP) is 5.08. The Bertz CT molecular complexity index is 306. The zero-order chi connectivity index (χ0) is 17.3. The van der Waals surface area contributed by atoms with Crippen LogP contribution in [0.15, 0.2) is 0 Å². The van der Waals surface area contributed by atoms with Crippen molar-refractivity contribution in [3.63, 3.8) is 0 Å². The first-order valence-electron chi connectivity index (χ1n) is 9.66. The third-order valence-electron chi connectivity index (χ3n) is 5.49. The Morgan fingerprint density at radius 2 is 1.48 bits per heavy atom. The van der Waals surface area contributed by atoms with Crippen molar-refractivity contribution >= 4 is 8.07 Å². The van der Waals surface area contributed by atoms with Crippen LogP contribution in [0, 0.1) is 0 Å². The van der Waals surface area contributed by atoms with E-state index in [4.69, 9.17) is 18.9 Å². The normalized spacial score (nSPS) is 21.1. The number of rotatable bonds is 11. The summed E-state index contributed by atoms with van der Waals surface area (Å²) in [7, 11) is -1.41. The van der Waals surface area contributed by atoms with Gasteiger partial charge in [0.05, 0.1) is 27.0 Å². The molecule has 138 valence electrons. The summed E-state index contributed by atoms with van der Waals surface area (Å²) in [6, 6.07) is 3.79. The van der Waals surface area contributed by atoms with Gasteiger partial charge in [-0.2, -0.15) is 0 Å². The van der Waals surface area contributed by atoms with Crippen LogP contribution in [0.4, 0.5) is 0 Å². The van der Waals surface area contributed by atoms with Crippen LogP contribution < -0.4 is 0 Å². The molecule has 1 fully saturated rings. The summed E-state index contributed by atoms with van der Waals surface area (Å²) in [6.07, 6.45) is 3.23. The van der Waals surface area contributed by atoms with Crippen LogP contribution in [-0.4, -0.2) is 39.3 Å². The second-order valence-corrected chi connectivity index (χ2v) is 12.0. The summed E-state index contributed by atoms with van der Waals surface area (Å²) in [4.78, 5) is 0. The molecule has 0 N–H and O–H groups in total. The van der Waals surface area contributed by atoms with Crippen molar-refractivity contribution in [1.29, 1.82) is 0 Å². The van der Waals surface area contributed by atoms with Gasteiger partial charge in [-0.05, 0) is 19.3 Å². The molecule has 0 bridgehead atoms. The molecule has 0 aromatic heterocycles. The molecule has 23 heavy (non-hydrogen) atoms. The van der Waals surface area contributed by atoms with E-state index >= 15 is 0 Å². The Labute approximate surface area is 144 Å². The van der Waals surface area contributed by atoms with E-state index in [1.807, 2.05) is 6.92 Å². The highest BCUT2D eigenvalue weighted by Gasteiger charge is 2.41. The Balaban J connectivity index is 2.79. The van der Waals surface area contributed by atoms with Gasteiger partial charge in [0.2, 0.25) is 0 Å². The molecule has 0 aromatic carbocycles. The summed E-state index contributed by atoms with van der Waals surface area (Å²) in [6.45, 7) is 14.8. The van der Waals surface area contributed by atoms with Gasteiger partial charge in [-0.15, -0.1) is 0 Å². The van der Waals surface area contributed by atoms with Crippen molar-refractivity contribution in [2.75, 3.05) is 13.2 Å². The van der Waals surface area contributed by atoms with Gasteiger partial charge in [0.1, 0.15) is 0 Å². The molecular weight excluding hydrogens is 308 g/mol. The SMILES string of the molecule is CCC(OC(CC)[Si](CC)(CC)CC)OC1(CC)OCCCO1. The van der Waals surface area contributed by atoms with Crippen molar-refractivity contribution < 1.29 is 18.9 Å². The van der Waals surface area contributed by atoms with Crippen molar-refractivity contribution in [3.05, 3.63) is 0 Å². The molecule has 1 rings (SSSR count). The molecular formula is C18H38O4Si. The Hall–Kier alpha value is 0.0569. The lowest BCUT2D eigenvalue weighted by molar-refractivity contribution is -0.435. The highest BCUT2D eigenvalue weighted by Crippen LogP contribution is 2.32. The smallest absolute Gasteiger partial charge is 0.284 e. The van der Waals surface area contributed by atoms with Crippen LogP contribution in [-0.2, 0) is 18.9 Å². The molecule has 1 aliphatic rings. The van der Waals surface area contributed by atoms with E-state index < -0.39 is 14.0 Å². The lowest BCUT2D eigenvalue weighted by Crippen LogP contribution is -2.51. The average Bonchev–Trinajstić information content (AvgIpc) is 2.62. The minimum absolute atomic E-state index is 0.255. The number of hydrogen-bond donors (Lipinski definition) is 0. The van der Waals surface area contributed by atoms with E-state index in [2.05, 4.69) is 34.6 Å².